The van der Waals surface area contributed by atoms with Gasteiger partial charge in [0, 0.05) is 19.1 Å². The molecule has 0 spiro atoms. The lowest BCUT2D eigenvalue weighted by Crippen LogP contribution is -2.41. The quantitative estimate of drug-likeness (QED) is 0.513. The second-order valence-corrected chi connectivity index (χ2v) is 6.30. The van der Waals surface area contributed by atoms with Crippen LogP contribution in [-0.4, -0.2) is 62.7 Å². The molecule has 1 aliphatic rings. The molecular formula is C16H28N4O2. The number of likely N-dealkylation sites (N-methyl/N-ethyl adjacent to an activating group) is 1. The second-order valence-electron chi connectivity index (χ2n) is 6.30. The summed E-state index contributed by atoms with van der Waals surface area (Å²) in [6.07, 6.45) is 3.31. The minimum absolute atomic E-state index is 0.379. The Morgan fingerprint density at radius 3 is 2.50 bits per heavy atom. The molecule has 2 rings (SSSR count). The van der Waals surface area contributed by atoms with Crippen LogP contribution in [0.3, 0.4) is 0 Å². The Kier molecular flexibility index (Phi) is 5.97. The maximum Gasteiger partial charge on any atom is 0.253 e. The third-order valence-electron chi connectivity index (χ3n) is 4.41. The Bertz CT molecular complexity index is 548. The highest BCUT2D eigenvalue weighted by molar-refractivity contribution is 5.73. The number of hydrogen-bond acceptors (Lipinski definition) is 6. The normalized spacial score (nSPS) is 19.2. The molecule has 6 nitrogen and oxygen atoms in total. The lowest BCUT2D eigenvalue weighted by molar-refractivity contribution is 0.277. The number of nitrogens with one attached hydrogen (secondary N) is 2. The van der Waals surface area contributed by atoms with Gasteiger partial charge < -0.3 is 15.5 Å². The van der Waals surface area contributed by atoms with E-state index >= 15 is 0 Å². The van der Waals surface area contributed by atoms with E-state index in [0.29, 0.717) is 24.0 Å². The van der Waals surface area contributed by atoms with Crippen molar-refractivity contribution in [1.82, 2.24) is 9.80 Å². The number of nitrogens with zero attached hydrogens (tertiary/aromatic N) is 2. The van der Waals surface area contributed by atoms with Crippen molar-refractivity contribution in [2.24, 2.45) is 0 Å². The topological polar surface area (TPSA) is 64.7 Å². The van der Waals surface area contributed by atoms with Crippen LogP contribution in [0.1, 0.15) is 26.2 Å². The van der Waals surface area contributed by atoms with E-state index in [-0.39, 0.29) is 10.9 Å². The zero-order chi connectivity index (χ0) is 16.1. The smallest absolute Gasteiger partial charge is 0.253 e. The first-order valence-corrected chi connectivity index (χ1v) is 8.24. The van der Waals surface area contributed by atoms with Crippen LogP contribution in [0.2, 0.25) is 0 Å². The van der Waals surface area contributed by atoms with Gasteiger partial charge in [0.25, 0.3) is 10.9 Å². The van der Waals surface area contributed by atoms with Crippen LogP contribution < -0.4 is 21.5 Å². The third-order valence-corrected chi connectivity index (χ3v) is 4.41. The summed E-state index contributed by atoms with van der Waals surface area (Å²) >= 11 is 0. The molecule has 1 aromatic carbocycles. The molecule has 6 heteroatoms. The molecular weight excluding hydrogens is 280 g/mol. The van der Waals surface area contributed by atoms with E-state index < -0.39 is 0 Å². The molecule has 2 N–H and O–H groups in total. The van der Waals surface area contributed by atoms with Gasteiger partial charge in [-0.25, -0.2) is 0 Å². The predicted molar refractivity (Wildman–Crippen MR) is 91.8 cm³/mol. The number of anilines is 2. The fourth-order valence-corrected chi connectivity index (χ4v) is 3.10. The van der Waals surface area contributed by atoms with Crippen LogP contribution in [0.15, 0.2) is 9.59 Å². The largest absolute Gasteiger partial charge is 0.380 e. The Hall–Kier alpha value is -1.40. The fourth-order valence-electron chi connectivity index (χ4n) is 3.10. The molecule has 1 aliphatic heterocycles. The van der Waals surface area contributed by atoms with Gasteiger partial charge >= 0.3 is 0 Å². The molecule has 0 aliphatic carbocycles. The van der Waals surface area contributed by atoms with Gasteiger partial charge in [0.15, 0.2) is 0 Å². The molecule has 0 bridgehead atoms. The summed E-state index contributed by atoms with van der Waals surface area (Å²) in [5.41, 5.74) is 0.199. The highest BCUT2D eigenvalue weighted by Crippen LogP contribution is 2.19. The molecule has 0 amide bonds. The van der Waals surface area contributed by atoms with E-state index in [0.717, 1.165) is 39.0 Å². The minimum atomic E-state index is -0.383. The van der Waals surface area contributed by atoms with Gasteiger partial charge in [0.2, 0.25) is 0 Å². The fraction of sp³-hybridized carbons (Fsp3) is 0.750. The Morgan fingerprint density at radius 1 is 1.18 bits per heavy atom. The molecule has 0 radical (unpaired) electrons. The van der Waals surface area contributed by atoms with Crippen molar-refractivity contribution in [3.63, 3.8) is 0 Å². The number of hydrogen-bond donors (Lipinski definition) is 2. The van der Waals surface area contributed by atoms with Crippen LogP contribution in [0.25, 0.3) is 0 Å². The standard InChI is InChI=1S/C16H28N4O2/c1-4-20-10-5-7-12(20)11-18-14-13(15(21)16(14)22)17-8-6-9-19(2)3/h12,17-18H,4-11H2,1-3H3/t12-/m0/s1. The zero-order valence-electron chi connectivity index (χ0n) is 13.9. The summed E-state index contributed by atoms with van der Waals surface area (Å²) in [6, 6.07) is 0.469. The summed E-state index contributed by atoms with van der Waals surface area (Å²) < 4.78 is 0. The lowest BCUT2D eigenvalue weighted by atomic mass is 10.1. The average molecular weight is 308 g/mol. The summed E-state index contributed by atoms with van der Waals surface area (Å²) in [4.78, 5) is 27.9. The van der Waals surface area contributed by atoms with Gasteiger partial charge in [0.1, 0.15) is 11.4 Å². The van der Waals surface area contributed by atoms with Crippen molar-refractivity contribution in [2.45, 2.75) is 32.2 Å². The molecule has 1 aromatic rings. The van der Waals surface area contributed by atoms with Gasteiger partial charge in [-0.05, 0) is 53.0 Å². The third kappa shape index (κ3) is 3.87. The van der Waals surface area contributed by atoms with Gasteiger partial charge in [-0.15, -0.1) is 0 Å². The first-order valence-electron chi connectivity index (χ1n) is 8.24. The highest BCUT2D eigenvalue weighted by atomic mass is 16.2. The van der Waals surface area contributed by atoms with Crippen LogP contribution in [0.5, 0.6) is 0 Å². The Balaban J connectivity index is 1.85. The van der Waals surface area contributed by atoms with E-state index in [4.69, 9.17) is 0 Å². The van der Waals surface area contributed by atoms with Gasteiger partial charge in [0.05, 0.1) is 0 Å². The first kappa shape index (κ1) is 17.0. The molecule has 0 saturated carbocycles. The number of rotatable bonds is 9. The van der Waals surface area contributed by atoms with E-state index in [1.165, 1.54) is 6.42 Å². The van der Waals surface area contributed by atoms with E-state index in [1.54, 1.807) is 0 Å². The van der Waals surface area contributed by atoms with E-state index in [9.17, 15) is 9.59 Å². The molecule has 124 valence electrons. The summed E-state index contributed by atoms with van der Waals surface area (Å²) in [7, 11) is 4.04. The first-order chi connectivity index (χ1) is 10.5. The van der Waals surface area contributed by atoms with Crippen LogP contribution in [0.4, 0.5) is 11.4 Å². The molecule has 22 heavy (non-hydrogen) atoms. The molecule has 1 saturated heterocycles. The lowest BCUT2D eigenvalue weighted by Gasteiger charge is -2.24. The summed E-state index contributed by atoms with van der Waals surface area (Å²) in [6.45, 7) is 6.73. The van der Waals surface area contributed by atoms with E-state index in [2.05, 4.69) is 27.4 Å². The molecule has 0 unspecified atom stereocenters. The van der Waals surface area contributed by atoms with Crippen molar-refractivity contribution in [3.05, 3.63) is 20.4 Å². The molecule has 1 fully saturated rings. The van der Waals surface area contributed by atoms with Crippen LogP contribution >= 0.6 is 0 Å². The molecule has 1 heterocycles. The van der Waals surface area contributed by atoms with Crippen LogP contribution in [0, 0.1) is 0 Å². The summed E-state index contributed by atoms with van der Waals surface area (Å²) in [5, 5.41) is 6.31. The zero-order valence-corrected chi connectivity index (χ0v) is 13.9. The monoisotopic (exact) mass is 308 g/mol. The predicted octanol–water partition coefficient (Wildman–Crippen LogP) is 0.542. The van der Waals surface area contributed by atoms with Gasteiger partial charge in [-0.2, -0.15) is 0 Å². The second kappa shape index (κ2) is 7.74. The van der Waals surface area contributed by atoms with Gasteiger partial charge in [-0.3, -0.25) is 14.5 Å². The van der Waals surface area contributed by atoms with Crippen molar-refractivity contribution in [2.75, 3.05) is 57.5 Å². The minimum Gasteiger partial charge on any atom is -0.380 e. The molecule has 0 aromatic heterocycles. The van der Waals surface area contributed by atoms with Crippen LogP contribution in [-0.2, 0) is 0 Å². The Morgan fingerprint density at radius 2 is 1.86 bits per heavy atom. The van der Waals surface area contributed by atoms with Crippen molar-refractivity contribution >= 4 is 11.4 Å². The van der Waals surface area contributed by atoms with Crippen molar-refractivity contribution in [1.29, 1.82) is 0 Å². The van der Waals surface area contributed by atoms with Gasteiger partial charge in [-0.1, -0.05) is 6.92 Å². The van der Waals surface area contributed by atoms with Crippen molar-refractivity contribution < 1.29 is 0 Å². The maximum absolute atomic E-state index is 11.7. The SMILES string of the molecule is CCN1CCC[C@H]1CNc1c(NCCCN(C)C)c(=O)c1=O. The molecule has 1 atom stereocenters. The summed E-state index contributed by atoms with van der Waals surface area (Å²) in [5.74, 6) is 0. The highest BCUT2D eigenvalue weighted by Gasteiger charge is 2.25. The average Bonchev–Trinajstić information content (AvgIpc) is 2.95. The Labute approximate surface area is 132 Å². The number of likely N-dealkylation sites (tertiary alicyclic amines) is 1. The maximum atomic E-state index is 11.7. The van der Waals surface area contributed by atoms with Crippen molar-refractivity contribution in [3.8, 4) is 0 Å². The van der Waals surface area contributed by atoms with E-state index in [1.807, 2.05) is 14.1 Å².